The summed E-state index contributed by atoms with van der Waals surface area (Å²) in [7, 11) is 0. The van der Waals surface area contributed by atoms with Crippen LogP contribution in [0.3, 0.4) is 0 Å². The quantitative estimate of drug-likeness (QED) is 0.479. The smallest absolute Gasteiger partial charge is 0.323 e. The van der Waals surface area contributed by atoms with Gasteiger partial charge in [-0.05, 0) is 13.3 Å². The Morgan fingerprint density at radius 3 is 2.72 bits per heavy atom. The predicted octanol–water partition coefficient (Wildman–Crippen LogP) is 1.08. The van der Waals surface area contributed by atoms with E-state index in [1.54, 1.807) is 6.08 Å². The van der Waals surface area contributed by atoms with Gasteiger partial charge in [0.05, 0.1) is 13.2 Å². The molecule has 0 heterocycles. The number of carboxylic acid groups (broad SMARTS) is 1. The maximum atomic E-state index is 11.8. The van der Waals surface area contributed by atoms with E-state index >= 15 is 0 Å². The molecule has 0 aliphatic carbocycles. The number of rotatable bonds is 9. The van der Waals surface area contributed by atoms with Crippen molar-refractivity contribution >= 4 is 12.0 Å². The highest BCUT2D eigenvalue weighted by molar-refractivity contribution is 5.80. The molecule has 0 bridgehead atoms. The molecule has 1 unspecified atom stereocenters. The van der Waals surface area contributed by atoms with Crippen molar-refractivity contribution in [3.8, 4) is 0 Å². The van der Waals surface area contributed by atoms with Crippen LogP contribution in [0.2, 0.25) is 0 Å². The van der Waals surface area contributed by atoms with Gasteiger partial charge in [-0.2, -0.15) is 0 Å². The van der Waals surface area contributed by atoms with E-state index in [9.17, 15) is 9.59 Å². The molecule has 0 aromatic rings. The van der Waals surface area contributed by atoms with E-state index in [2.05, 4.69) is 11.9 Å². The van der Waals surface area contributed by atoms with E-state index < -0.39 is 5.97 Å². The van der Waals surface area contributed by atoms with Crippen molar-refractivity contribution in [1.29, 1.82) is 0 Å². The first-order valence-electron chi connectivity index (χ1n) is 5.97. The van der Waals surface area contributed by atoms with Gasteiger partial charge in [0.25, 0.3) is 0 Å². The van der Waals surface area contributed by atoms with Crippen molar-refractivity contribution < 1.29 is 19.4 Å². The molecule has 6 nitrogen and oxygen atoms in total. The summed E-state index contributed by atoms with van der Waals surface area (Å²) in [5, 5.41) is 11.4. The lowest BCUT2D eigenvalue weighted by Crippen LogP contribution is -2.48. The van der Waals surface area contributed by atoms with Gasteiger partial charge in [-0.3, -0.25) is 4.79 Å². The lowest BCUT2D eigenvalue weighted by molar-refractivity contribution is -0.138. The van der Waals surface area contributed by atoms with Gasteiger partial charge in [0.2, 0.25) is 0 Å². The van der Waals surface area contributed by atoms with Crippen molar-refractivity contribution in [2.45, 2.75) is 26.3 Å². The minimum Gasteiger partial charge on any atom is -0.480 e. The van der Waals surface area contributed by atoms with Crippen molar-refractivity contribution in [2.24, 2.45) is 0 Å². The summed E-state index contributed by atoms with van der Waals surface area (Å²) in [4.78, 5) is 23.8. The standard InChI is InChI=1S/C12H22N2O4/c1-4-7-18-8-6-13-12(17)14(9-11(15)16)10(3)5-2/h4,10H,1,5-9H2,2-3H3,(H,13,17)(H,15,16). The molecular weight excluding hydrogens is 236 g/mol. The van der Waals surface area contributed by atoms with Gasteiger partial charge in [0.1, 0.15) is 6.54 Å². The third-order valence-electron chi connectivity index (χ3n) is 2.45. The fourth-order valence-corrected chi connectivity index (χ4v) is 1.29. The minimum absolute atomic E-state index is 0.116. The minimum atomic E-state index is -1.02. The molecule has 2 N–H and O–H groups in total. The summed E-state index contributed by atoms with van der Waals surface area (Å²) in [6.07, 6.45) is 2.32. The molecule has 104 valence electrons. The second-order valence-electron chi connectivity index (χ2n) is 3.87. The molecule has 0 saturated heterocycles. The van der Waals surface area contributed by atoms with Gasteiger partial charge in [-0.25, -0.2) is 4.79 Å². The Hall–Kier alpha value is -1.56. The topological polar surface area (TPSA) is 78.9 Å². The van der Waals surface area contributed by atoms with Crippen molar-refractivity contribution in [2.75, 3.05) is 26.3 Å². The first kappa shape index (κ1) is 16.4. The van der Waals surface area contributed by atoms with E-state index in [-0.39, 0.29) is 18.6 Å². The fraction of sp³-hybridized carbons (Fsp3) is 0.667. The van der Waals surface area contributed by atoms with Crippen LogP contribution in [0.4, 0.5) is 4.79 Å². The van der Waals surface area contributed by atoms with Crippen molar-refractivity contribution in [3.05, 3.63) is 12.7 Å². The van der Waals surface area contributed by atoms with Gasteiger partial charge in [0.15, 0.2) is 0 Å². The SMILES string of the molecule is C=CCOCCNC(=O)N(CC(=O)O)C(C)CC. The van der Waals surface area contributed by atoms with E-state index in [0.717, 1.165) is 0 Å². The first-order valence-corrected chi connectivity index (χ1v) is 5.97. The lowest BCUT2D eigenvalue weighted by Gasteiger charge is -2.27. The zero-order valence-corrected chi connectivity index (χ0v) is 11.0. The third kappa shape index (κ3) is 6.90. The summed E-state index contributed by atoms with van der Waals surface area (Å²) >= 11 is 0. The molecule has 0 aliphatic heterocycles. The van der Waals surface area contributed by atoms with Gasteiger partial charge >= 0.3 is 12.0 Å². The summed E-state index contributed by atoms with van der Waals surface area (Å²) < 4.78 is 5.11. The van der Waals surface area contributed by atoms with Gasteiger partial charge in [-0.1, -0.05) is 13.0 Å². The highest BCUT2D eigenvalue weighted by atomic mass is 16.5. The summed E-state index contributed by atoms with van der Waals surface area (Å²) in [5.41, 5.74) is 0. The number of amides is 2. The number of urea groups is 1. The Bertz CT molecular complexity index is 281. The second-order valence-corrected chi connectivity index (χ2v) is 3.87. The average molecular weight is 258 g/mol. The number of nitrogens with one attached hydrogen (secondary N) is 1. The van der Waals surface area contributed by atoms with Crippen LogP contribution in [0, 0.1) is 0 Å². The number of carbonyl (C=O) groups is 2. The van der Waals surface area contributed by atoms with E-state index in [4.69, 9.17) is 9.84 Å². The summed E-state index contributed by atoms with van der Waals surface area (Å²) in [6.45, 7) is 8.08. The number of carboxylic acids is 1. The summed E-state index contributed by atoms with van der Waals surface area (Å²) in [5.74, 6) is -1.02. The molecule has 0 saturated carbocycles. The largest absolute Gasteiger partial charge is 0.480 e. The number of aliphatic carboxylic acids is 1. The number of hydrogen-bond acceptors (Lipinski definition) is 3. The third-order valence-corrected chi connectivity index (χ3v) is 2.45. The Balaban J connectivity index is 4.12. The molecule has 0 rings (SSSR count). The number of ether oxygens (including phenoxy) is 1. The molecule has 0 aromatic carbocycles. The first-order chi connectivity index (χ1) is 8.52. The lowest BCUT2D eigenvalue weighted by atomic mass is 10.2. The Labute approximate surface area is 108 Å². The van der Waals surface area contributed by atoms with Crippen molar-refractivity contribution in [1.82, 2.24) is 10.2 Å². The molecule has 0 aliphatic rings. The molecule has 1 atom stereocenters. The molecular formula is C12H22N2O4. The zero-order chi connectivity index (χ0) is 14.0. The van der Waals surface area contributed by atoms with Crippen LogP contribution in [-0.4, -0.2) is 54.4 Å². The van der Waals surface area contributed by atoms with Gasteiger partial charge in [-0.15, -0.1) is 6.58 Å². The molecule has 18 heavy (non-hydrogen) atoms. The predicted molar refractivity (Wildman–Crippen MR) is 68.5 cm³/mol. The number of hydrogen-bond donors (Lipinski definition) is 2. The maximum absolute atomic E-state index is 11.8. The van der Waals surface area contributed by atoms with Crippen LogP contribution in [0.15, 0.2) is 12.7 Å². The normalized spacial score (nSPS) is 11.7. The Kier molecular flexibility index (Phi) is 8.65. The molecule has 0 aromatic heterocycles. The zero-order valence-electron chi connectivity index (χ0n) is 11.0. The molecule has 0 spiro atoms. The molecule has 0 fully saturated rings. The van der Waals surface area contributed by atoms with Crippen molar-refractivity contribution in [3.63, 3.8) is 0 Å². The van der Waals surface area contributed by atoms with Crippen LogP contribution in [-0.2, 0) is 9.53 Å². The van der Waals surface area contributed by atoms with Crippen LogP contribution in [0.25, 0.3) is 0 Å². The fourth-order valence-electron chi connectivity index (χ4n) is 1.29. The second kappa shape index (κ2) is 9.47. The van der Waals surface area contributed by atoms with E-state index in [1.165, 1.54) is 4.90 Å². The van der Waals surface area contributed by atoms with Gasteiger partial charge < -0.3 is 20.1 Å². The van der Waals surface area contributed by atoms with Gasteiger partial charge in [0, 0.05) is 12.6 Å². The van der Waals surface area contributed by atoms with Crippen LogP contribution >= 0.6 is 0 Å². The maximum Gasteiger partial charge on any atom is 0.323 e. The van der Waals surface area contributed by atoms with Crippen LogP contribution < -0.4 is 5.32 Å². The Morgan fingerprint density at radius 1 is 1.56 bits per heavy atom. The number of carbonyl (C=O) groups excluding carboxylic acids is 1. The summed E-state index contributed by atoms with van der Waals surface area (Å²) in [6, 6.07) is -0.496. The molecule has 6 heteroatoms. The number of nitrogens with zero attached hydrogens (tertiary/aromatic N) is 1. The van der Waals surface area contributed by atoms with Crippen LogP contribution in [0.5, 0.6) is 0 Å². The average Bonchev–Trinajstić information content (AvgIpc) is 2.34. The van der Waals surface area contributed by atoms with Crippen LogP contribution in [0.1, 0.15) is 20.3 Å². The van der Waals surface area contributed by atoms with E-state index in [1.807, 2.05) is 13.8 Å². The monoisotopic (exact) mass is 258 g/mol. The molecule has 2 amide bonds. The molecule has 0 radical (unpaired) electrons. The highest BCUT2D eigenvalue weighted by Crippen LogP contribution is 2.03. The Morgan fingerprint density at radius 2 is 2.22 bits per heavy atom. The van der Waals surface area contributed by atoms with E-state index in [0.29, 0.717) is 26.2 Å². The highest BCUT2D eigenvalue weighted by Gasteiger charge is 2.20.